The summed E-state index contributed by atoms with van der Waals surface area (Å²) in [6.07, 6.45) is 8.17. The SMILES string of the molecule is C=CC(=O)NCC1CCCCN1c1ncnn2cccc12. The number of piperidine rings is 1. The van der Waals surface area contributed by atoms with Gasteiger partial charge in [0, 0.05) is 25.3 Å². The van der Waals surface area contributed by atoms with Crippen molar-refractivity contribution in [2.75, 3.05) is 18.0 Å². The fourth-order valence-electron chi connectivity index (χ4n) is 2.86. The number of anilines is 1. The Labute approximate surface area is 123 Å². The number of hydrogen-bond donors (Lipinski definition) is 1. The second-order valence-corrected chi connectivity index (χ2v) is 5.21. The molecule has 2 aromatic rings. The summed E-state index contributed by atoms with van der Waals surface area (Å²) < 4.78 is 1.83. The van der Waals surface area contributed by atoms with Gasteiger partial charge in [-0.2, -0.15) is 5.10 Å². The van der Waals surface area contributed by atoms with Gasteiger partial charge in [-0.25, -0.2) is 9.50 Å². The Kier molecular flexibility index (Phi) is 3.85. The van der Waals surface area contributed by atoms with Crippen LogP contribution in [0.3, 0.4) is 0 Å². The second-order valence-electron chi connectivity index (χ2n) is 5.21. The highest BCUT2D eigenvalue weighted by Gasteiger charge is 2.25. The molecule has 0 bridgehead atoms. The lowest BCUT2D eigenvalue weighted by Gasteiger charge is -2.36. The van der Waals surface area contributed by atoms with Crippen molar-refractivity contribution in [3.63, 3.8) is 0 Å². The summed E-state index contributed by atoms with van der Waals surface area (Å²) >= 11 is 0. The molecule has 1 amide bonds. The van der Waals surface area contributed by atoms with Crippen molar-refractivity contribution in [2.24, 2.45) is 0 Å². The summed E-state index contributed by atoms with van der Waals surface area (Å²) in [5, 5.41) is 7.10. The molecule has 110 valence electrons. The maximum Gasteiger partial charge on any atom is 0.243 e. The van der Waals surface area contributed by atoms with Crippen molar-refractivity contribution in [2.45, 2.75) is 25.3 Å². The Morgan fingerprint density at radius 3 is 3.29 bits per heavy atom. The lowest BCUT2D eigenvalue weighted by Crippen LogP contribution is -2.47. The minimum atomic E-state index is -0.129. The molecule has 0 saturated carbocycles. The van der Waals surface area contributed by atoms with E-state index >= 15 is 0 Å². The number of carbonyl (C=O) groups is 1. The first-order chi connectivity index (χ1) is 10.3. The molecule has 1 unspecified atom stereocenters. The molecule has 1 fully saturated rings. The zero-order valence-corrected chi connectivity index (χ0v) is 11.9. The molecule has 3 heterocycles. The van der Waals surface area contributed by atoms with E-state index in [1.807, 2.05) is 22.8 Å². The molecule has 6 nitrogen and oxygen atoms in total. The van der Waals surface area contributed by atoms with Crippen molar-refractivity contribution in [1.82, 2.24) is 19.9 Å². The first-order valence-corrected chi connectivity index (χ1v) is 7.25. The molecule has 0 aliphatic carbocycles. The predicted molar refractivity (Wildman–Crippen MR) is 81.2 cm³/mol. The zero-order valence-electron chi connectivity index (χ0n) is 11.9. The molecule has 0 aromatic carbocycles. The Morgan fingerprint density at radius 2 is 2.43 bits per heavy atom. The van der Waals surface area contributed by atoms with Crippen LogP contribution in [0.1, 0.15) is 19.3 Å². The van der Waals surface area contributed by atoms with Gasteiger partial charge in [0.1, 0.15) is 11.8 Å². The molecule has 3 rings (SSSR count). The Bertz CT molecular complexity index is 650. The van der Waals surface area contributed by atoms with E-state index in [0.29, 0.717) is 6.54 Å². The van der Waals surface area contributed by atoms with Crippen LogP contribution < -0.4 is 10.2 Å². The number of amides is 1. The van der Waals surface area contributed by atoms with Crippen LogP contribution in [0.4, 0.5) is 5.82 Å². The third kappa shape index (κ3) is 2.74. The molecule has 1 atom stereocenters. The number of fused-ring (bicyclic) bond motifs is 1. The third-order valence-corrected chi connectivity index (χ3v) is 3.91. The predicted octanol–water partition coefficient (Wildman–Crippen LogP) is 1.39. The van der Waals surface area contributed by atoms with E-state index in [1.165, 1.54) is 12.5 Å². The molecule has 21 heavy (non-hydrogen) atoms. The number of hydrogen-bond acceptors (Lipinski definition) is 4. The average molecular weight is 285 g/mol. The number of aromatic nitrogens is 3. The quantitative estimate of drug-likeness (QED) is 0.862. The molecular formula is C15H19N5O. The van der Waals surface area contributed by atoms with Crippen molar-refractivity contribution < 1.29 is 4.79 Å². The third-order valence-electron chi connectivity index (χ3n) is 3.91. The average Bonchev–Trinajstić information content (AvgIpc) is 3.01. The van der Waals surface area contributed by atoms with Crippen molar-refractivity contribution in [1.29, 1.82) is 0 Å². The maximum atomic E-state index is 11.4. The highest BCUT2D eigenvalue weighted by molar-refractivity contribution is 5.86. The lowest BCUT2D eigenvalue weighted by atomic mass is 10.0. The van der Waals surface area contributed by atoms with Gasteiger partial charge in [-0.15, -0.1) is 0 Å². The van der Waals surface area contributed by atoms with E-state index in [0.717, 1.165) is 30.7 Å². The van der Waals surface area contributed by atoms with E-state index in [1.54, 1.807) is 6.33 Å². The van der Waals surface area contributed by atoms with Gasteiger partial charge in [0.25, 0.3) is 0 Å². The van der Waals surface area contributed by atoms with Crippen LogP contribution >= 0.6 is 0 Å². The molecule has 2 aromatic heterocycles. The van der Waals surface area contributed by atoms with Gasteiger partial charge in [0.15, 0.2) is 5.82 Å². The number of nitrogens with one attached hydrogen (secondary N) is 1. The van der Waals surface area contributed by atoms with Gasteiger partial charge in [-0.05, 0) is 37.5 Å². The number of nitrogens with zero attached hydrogens (tertiary/aromatic N) is 4. The minimum absolute atomic E-state index is 0.129. The minimum Gasteiger partial charge on any atom is -0.351 e. The summed E-state index contributed by atoms with van der Waals surface area (Å²) in [4.78, 5) is 18.1. The van der Waals surface area contributed by atoms with Crippen LogP contribution in [0.15, 0.2) is 37.3 Å². The van der Waals surface area contributed by atoms with E-state index in [2.05, 4.69) is 26.9 Å². The first kappa shape index (κ1) is 13.6. The standard InChI is InChI=1S/C15H19N5O/c1-2-14(21)16-10-12-6-3-4-8-19(12)15-13-7-5-9-20(13)18-11-17-15/h2,5,7,9,11-12H,1,3-4,6,8,10H2,(H,16,21). The largest absolute Gasteiger partial charge is 0.351 e. The second kappa shape index (κ2) is 5.95. The molecule has 0 radical (unpaired) electrons. The maximum absolute atomic E-state index is 11.4. The van der Waals surface area contributed by atoms with Gasteiger partial charge in [0.2, 0.25) is 5.91 Å². The molecule has 1 aliphatic rings. The number of rotatable bonds is 4. The fraction of sp³-hybridized carbons (Fsp3) is 0.400. The van der Waals surface area contributed by atoms with Crippen LogP contribution in [0.25, 0.3) is 5.52 Å². The number of carbonyl (C=O) groups excluding carboxylic acids is 1. The Balaban J connectivity index is 1.85. The molecule has 1 N–H and O–H groups in total. The first-order valence-electron chi connectivity index (χ1n) is 7.25. The summed E-state index contributed by atoms with van der Waals surface area (Å²) in [5.41, 5.74) is 0.999. The molecular weight excluding hydrogens is 266 g/mol. The van der Waals surface area contributed by atoms with E-state index in [9.17, 15) is 4.79 Å². The highest BCUT2D eigenvalue weighted by Crippen LogP contribution is 2.26. The Hall–Kier alpha value is -2.37. The summed E-state index contributed by atoms with van der Waals surface area (Å²) in [6, 6.07) is 4.24. The van der Waals surface area contributed by atoms with Crippen molar-refractivity contribution in [3.05, 3.63) is 37.3 Å². The molecule has 1 aliphatic heterocycles. The smallest absolute Gasteiger partial charge is 0.243 e. The van der Waals surface area contributed by atoms with E-state index in [-0.39, 0.29) is 11.9 Å². The molecule has 0 spiro atoms. The van der Waals surface area contributed by atoms with Crippen LogP contribution in [0.5, 0.6) is 0 Å². The fourth-order valence-corrected chi connectivity index (χ4v) is 2.86. The van der Waals surface area contributed by atoms with Crippen molar-refractivity contribution >= 4 is 17.2 Å². The lowest BCUT2D eigenvalue weighted by molar-refractivity contribution is -0.116. The molecule has 1 saturated heterocycles. The highest BCUT2D eigenvalue weighted by atomic mass is 16.1. The molecule has 6 heteroatoms. The summed E-state index contributed by atoms with van der Waals surface area (Å²) in [5.74, 6) is 0.809. The van der Waals surface area contributed by atoms with Gasteiger partial charge in [-0.3, -0.25) is 4.79 Å². The monoisotopic (exact) mass is 285 g/mol. The van der Waals surface area contributed by atoms with Crippen LogP contribution in [0, 0.1) is 0 Å². The van der Waals surface area contributed by atoms with Crippen LogP contribution in [-0.2, 0) is 4.79 Å². The summed E-state index contributed by atoms with van der Waals surface area (Å²) in [7, 11) is 0. The van der Waals surface area contributed by atoms with Gasteiger partial charge >= 0.3 is 0 Å². The van der Waals surface area contributed by atoms with Gasteiger partial charge in [-0.1, -0.05) is 6.58 Å². The zero-order chi connectivity index (χ0) is 14.7. The normalized spacial score (nSPS) is 18.7. The van der Waals surface area contributed by atoms with Gasteiger partial charge in [0.05, 0.1) is 0 Å². The Morgan fingerprint density at radius 1 is 1.52 bits per heavy atom. The van der Waals surface area contributed by atoms with Crippen molar-refractivity contribution in [3.8, 4) is 0 Å². The van der Waals surface area contributed by atoms with Crippen LogP contribution in [0.2, 0.25) is 0 Å². The van der Waals surface area contributed by atoms with Gasteiger partial charge < -0.3 is 10.2 Å². The van der Waals surface area contributed by atoms with Crippen LogP contribution in [-0.4, -0.2) is 39.6 Å². The van der Waals surface area contributed by atoms with E-state index < -0.39 is 0 Å². The summed E-state index contributed by atoms with van der Waals surface area (Å²) in [6.45, 7) is 5.05. The topological polar surface area (TPSA) is 62.5 Å². The van der Waals surface area contributed by atoms with E-state index in [4.69, 9.17) is 0 Å².